The van der Waals surface area contributed by atoms with Crippen LogP contribution in [0.1, 0.15) is 15.9 Å². The molecule has 0 saturated heterocycles. The lowest BCUT2D eigenvalue weighted by Crippen LogP contribution is -2.21. The number of anilines is 1. The second-order valence-electron chi connectivity index (χ2n) is 5.04. The highest BCUT2D eigenvalue weighted by atomic mass is 32.2. The smallest absolute Gasteiger partial charge is 0.342 e. The number of carbonyl (C=O) groups is 2. The molecule has 2 aromatic rings. The summed E-state index contributed by atoms with van der Waals surface area (Å²) in [5, 5.41) is 21.2. The number of aromatic hydroxyl groups is 1. The number of hydrogen-bond donors (Lipinski definition) is 2. The summed E-state index contributed by atoms with van der Waals surface area (Å²) in [5.74, 6) is -1.19. The number of aryl methyl sites for hydroxylation is 1. The van der Waals surface area contributed by atoms with Gasteiger partial charge in [-0.25, -0.2) is 4.79 Å². The molecule has 128 valence electrons. The Kier molecular flexibility index (Phi) is 6.43. The molecule has 0 aliphatic heterocycles. The van der Waals surface area contributed by atoms with Gasteiger partial charge < -0.3 is 15.2 Å². The Balaban J connectivity index is 1.96. The summed E-state index contributed by atoms with van der Waals surface area (Å²) in [5.41, 5.74) is 1.10. The number of hydrogen-bond acceptors (Lipinski definition) is 6. The largest absolute Gasteiger partial charge is 0.507 e. The summed E-state index contributed by atoms with van der Waals surface area (Å²) in [6.07, 6.45) is 0. The van der Waals surface area contributed by atoms with Gasteiger partial charge >= 0.3 is 5.97 Å². The highest BCUT2D eigenvalue weighted by Gasteiger charge is 2.16. The van der Waals surface area contributed by atoms with Crippen molar-refractivity contribution in [1.29, 1.82) is 5.26 Å². The van der Waals surface area contributed by atoms with Gasteiger partial charge in [0.15, 0.2) is 6.61 Å². The van der Waals surface area contributed by atoms with Gasteiger partial charge in [0.05, 0.1) is 17.5 Å². The van der Waals surface area contributed by atoms with Crippen molar-refractivity contribution < 1.29 is 19.4 Å². The highest BCUT2D eigenvalue weighted by Crippen LogP contribution is 2.26. The summed E-state index contributed by atoms with van der Waals surface area (Å²) in [6.45, 7) is 1.18. The Hall–Kier alpha value is -2.98. The molecule has 6 nitrogen and oxygen atoms in total. The summed E-state index contributed by atoms with van der Waals surface area (Å²) in [6, 6.07) is 13.8. The molecule has 0 aliphatic rings. The molecule has 0 spiro atoms. The number of nitrogens with one attached hydrogen (secondary N) is 1. The van der Waals surface area contributed by atoms with Gasteiger partial charge in [-0.3, -0.25) is 4.79 Å². The number of para-hydroxylation sites is 2. The first-order valence-corrected chi connectivity index (χ1v) is 8.36. The predicted molar refractivity (Wildman–Crippen MR) is 94.5 cm³/mol. The highest BCUT2D eigenvalue weighted by molar-refractivity contribution is 7.99. The van der Waals surface area contributed by atoms with E-state index in [1.165, 1.54) is 17.8 Å². The minimum absolute atomic E-state index is 0.0118. The van der Waals surface area contributed by atoms with Gasteiger partial charge in [0.1, 0.15) is 11.3 Å². The summed E-state index contributed by atoms with van der Waals surface area (Å²) < 4.78 is 4.95. The molecule has 0 aromatic heterocycles. The van der Waals surface area contributed by atoms with Crippen molar-refractivity contribution in [2.24, 2.45) is 0 Å². The number of carbonyl (C=O) groups excluding carboxylic acids is 2. The van der Waals surface area contributed by atoms with Crippen LogP contribution < -0.4 is 5.32 Å². The van der Waals surface area contributed by atoms with Crippen LogP contribution >= 0.6 is 11.8 Å². The van der Waals surface area contributed by atoms with Crippen LogP contribution in [0.25, 0.3) is 0 Å². The molecule has 0 fully saturated rings. The minimum Gasteiger partial charge on any atom is -0.507 e. The monoisotopic (exact) mass is 356 g/mol. The van der Waals surface area contributed by atoms with Crippen LogP contribution in [0.3, 0.4) is 0 Å². The van der Waals surface area contributed by atoms with E-state index in [1.807, 2.05) is 6.07 Å². The molecule has 0 saturated carbocycles. The van der Waals surface area contributed by atoms with Crippen molar-refractivity contribution in [3.05, 3.63) is 53.6 Å². The zero-order valence-corrected chi connectivity index (χ0v) is 14.3. The number of esters is 1. The SMILES string of the molecule is Cc1cccc(C(=O)OCC(=O)Nc2ccccc2SCC#N)c1O. The van der Waals surface area contributed by atoms with Crippen molar-refractivity contribution in [2.45, 2.75) is 11.8 Å². The molecule has 2 rings (SSSR count). The van der Waals surface area contributed by atoms with Crippen molar-refractivity contribution >= 4 is 29.3 Å². The van der Waals surface area contributed by atoms with Gasteiger partial charge in [-0.05, 0) is 30.7 Å². The zero-order chi connectivity index (χ0) is 18.2. The Morgan fingerprint density at radius 2 is 2.00 bits per heavy atom. The Bertz CT molecular complexity index is 830. The number of phenolic OH excluding ortho intramolecular Hbond substituents is 1. The van der Waals surface area contributed by atoms with Crippen LogP contribution in [0, 0.1) is 18.3 Å². The molecular weight excluding hydrogens is 340 g/mol. The lowest BCUT2D eigenvalue weighted by molar-refractivity contribution is -0.119. The van der Waals surface area contributed by atoms with E-state index in [2.05, 4.69) is 5.32 Å². The first-order valence-electron chi connectivity index (χ1n) is 7.37. The van der Waals surface area contributed by atoms with Crippen molar-refractivity contribution in [3.8, 4) is 11.8 Å². The third kappa shape index (κ3) is 4.99. The number of rotatable bonds is 6. The fourth-order valence-corrected chi connectivity index (χ4v) is 2.69. The van der Waals surface area contributed by atoms with E-state index in [0.29, 0.717) is 11.3 Å². The molecule has 2 N–H and O–H groups in total. The average molecular weight is 356 g/mol. The second-order valence-corrected chi connectivity index (χ2v) is 6.06. The van der Waals surface area contributed by atoms with Crippen molar-refractivity contribution in [3.63, 3.8) is 0 Å². The number of amides is 1. The second kappa shape index (κ2) is 8.76. The maximum absolute atomic E-state index is 12.0. The van der Waals surface area contributed by atoms with Gasteiger partial charge in [-0.2, -0.15) is 5.26 Å². The fourth-order valence-electron chi connectivity index (χ4n) is 2.02. The van der Waals surface area contributed by atoms with Crippen LogP contribution in [0.15, 0.2) is 47.4 Å². The third-order valence-electron chi connectivity index (χ3n) is 3.25. The van der Waals surface area contributed by atoms with E-state index < -0.39 is 18.5 Å². The van der Waals surface area contributed by atoms with Gasteiger partial charge in [-0.1, -0.05) is 24.3 Å². The topological polar surface area (TPSA) is 99.4 Å². The lowest BCUT2D eigenvalue weighted by atomic mass is 10.1. The molecule has 1 amide bonds. The maximum atomic E-state index is 12.0. The van der Waals surface area contributed by atoms with Crippen molar-refractivity contribution in [1.82, 2.24) is 0 Å². The Morgan fingerprint density at radius 1 is 1.24 bits per heavy atom. The quantitative estimate of drug-likeness (QED) is 0.609. The summed E-state index contributed by atoms with van der Waals surface area (Å²) in [7, 11) is 0. The van der Waals surface area contributed by atoms with E-state index in [1.54, 1.807) is 43.3 Å². The maximum Gasteiger partial charge on any atom is 0.342 e. The first-order chi connectivity index (χ1) is 12.0. The van der Waals surface area contributed by atoms with Crippen LogP contribution in [-0.4, -0.2) is 29.3 Å². The number of nitriles is 1. The van der Waals surface area contributed by atoms with E-state index in [-0.39, 0.29) is 17.1 Å². The molecule has 0 heterocycles. The molecule has 0 atom stereocenters. The molecule has 0 unspecified atom stereocenters. The van der Waals surface area contributed by atoms with E-state index in [4.69, 9.17) is 10.00 Å². The van der Waals surface area contributed by atoms with E-state index in [9.17, 15) is 14.7 Å². The molecular formula is C18H16N2O4S. The minimum atomic E-state index is -0.775. The zero-order valence-electron chi connectivity index (χ0n) is 13.5. The first kappa shape index (κ1) is 18.4. The number of thioether (sulfide) groups is 1. The third-order valence-corrected chi connectivity index (χ3v) is 4.19. The molecule has 7 heteroatoms. The molecule has 25 heavy (non-hydrogen) atoms. The fraction of sp³-hybridized carbons (Fsp3) is 0.167. The van der Waals surface area contributed by atoms with Crippen LogP contribution in [0.2, 0.25) is 0 Å². The van der Waals surface area contributed by atoms with Gasteiger partial charge in [0.2, 0.25) is 0 Å². The van der Waals surface area contributed by atoms with E-state index >= 15 is 0 Å². The van der Waals surface area contributed by atoms with Crippen molar-refractivity contribution in [2.75, 3.05) is 17.7 Å². The van der Waals surface area contributed by atoms with E-state index in [0.717, 1.165) is 4.90 Å². The lowest BCUT2D eigenvalue weighted by Gasteiger charge is -2.10. The Morgan fingerprint density at radius 3 is 2.76 bits per heavy atom. The normalized spacial score (nSPS) is 9.92. The summed E-state index contributed by atoms with van der Waals surface area (Å²) >= 11 is 1.30. The number of nitrogens with zero attached hydrogens (tertiary/aromatic N) is 1. The molecule has 0 aliphatic carbocycles. The van der Waals surface area contributed by atoms with Gasteiger partial charge in [0.25, 0.3) is 5.91 Å². The van der Waals surface area contributed by atoms with Gasteiger partial charge in [0, 0.05) is 4.90 Å². The average Bonchev–Trinajstić information content (AvgIpc) is 2.61. The van der Waals surface area contributed by atoms with Gasteiger partial charge in [-0.15, -0.1) is 11.8 Å². The van der Waals surface area contributed by atoms with Crippen LogP contribution in [0.4, 0.5) is 5.69 Å². The standard InChI is InChI=1S/C18H16N2O4S/c1-12-5-4-6-13(17(12)22)18(23)24-11-16(21)20-14-7-2-3-8-15(14)25-10-9-19/h2-8,22H,10-11H2,1H3,(H,20,21). The molecule has 0 bridgehead atoms. The molecule has 0 radical (unpaired) electrons. The number of ether oxygens (including phenoxy) is 1. The Labute approximate surface area is 149 Å². The summed E-state index contributed by atoms with van der Waals surface area (Å²) in [4.78, 5) is 24.7. The number of phenols is 1. The van der Waals surface area contributed by atoms with Crippen LogP contribution in [-0.2, 0) is 9.53 Å². The van der Waals surface area contributed by atoms with Crippen LogP contribution in [0.5, 0.6) is 5.75 Å². The molecule has 2 aromatic carbocycles. The predicted octanol–water partition coefficient (Wildman–Crippen LogP) is 3.11. The number of benzene rings is 2.